The summed E-state index contributed by atoms with van der Waals surface area (Å²) in [5.41, 5.74) is 0.873. The van der Waals surface area contributed by atoms with E-state index in [4.69, 9.17) is 9.47 Å². The maximum absolute atomic E-state index is 13.6. The second kappa shape index (κ2) is 13.5. The van der Waals surface area contributed by atoms with Gasteiger partial charge in [-0.1, -0.05) is 19.4 Å². The number of hydrogen-bond donors (Lipinski definition) is 1. The minimum Gasteiger partial charge on any atom is -0.481 e. The first kappa shape index (κ1) is 29.1. The van der Waals surface area contributed by atoms with E-state index in [1.807, 2.05) is 42.1 Å². The molecule has 0 bridgehead atoms. The minimum atomic E-state index is -0.876. The van der Waals surface area contributed by atoms with Gasteiger partial charge >= 0.3 is 5.97 Å². The van der Waals surface area contributed by atoms with Crippen molar-refractivity contribution in [3.8, 4) is 11.5 Å². The molecule has 10 nitrogen and oxygen atoms in total. The van der Waals surface area contributed by atoms with Crippen LogP contribution in [0.1, 0.15) is 56.9 Å². The third kappa shape index (κ3) is 7.22. The average molecular weight is 545 g/mol. The molecule has 1 aromatic carbocycles. The van der Waals surface area contributed by atoms with Crippen molar-refractivity contribution in [2.45, 2.75) is 57.4 Å². The molecular weight excluding hydrogens is 500 g/mol. The standard InChI is InChI=1S/C29H44N4O6/c1-4-5-13-31(15-7-12-30(2)3)27(35)19-33-18-22(21-9-10-24-25(17-21)39-20-38-24)28(29(36)37)23(33)11-16-32-14-6-8-26(32)34/h9-10,17,22-23,28H,4-8,11-16,18-20H2,1-3H3,(H,36,37)/t22-,23+,28-/m1/s1. The number of aliphatic carboxylic acids is 1. The van der Waals surface area contributed by atoms with Gasteiger partial charge in [0.15, 0.2) is 11.5 Å². The molecule has 3 aliphatic heterocycles. The van der Waals surface area contributed by atoms with E-state index in [-0.39, 0.29) is 37.1 Å². The Labute approximate surface area is 231 Å². The van der Waals surface area contributed by atoms with Gasteiger partial charge in [0.1, 0.15) is 0 Å². The van der Waals surface area contributed by atoms with Gasteiger partial charge < -0.3 is 29.3 Å². The summed E-state index contributed by atoms with van der Waals surface area (Å²) in [6, 6.07) is 5.27. The zero-order valence-corrected chi connectivity index (χ0v) is 23.6. The normalized spacial score (nSPS) is 22.7. The molecule has 0 spiro atoms. The summed E-state index contributed by atoms with van der Waals surface area (Å²) in [5, 5.41) is 10.4. The number of carboxylic acid groups (broad SMARTS) is 1. The highest BCUT2D eigenvalue weighted by atomic mass is 16.7. The predicted molar refractivity (Wildman–Crippen MR) is 147 cm³/mol. The molecule has 216 valence electrons. The summed E-state index contributed by atoms with van der Waals surface area (Å²) in [6.07, 6.45) is 4.74. The first-order valence-electron chi connectivity index (χ1n) is 14.3. The van der Waals surface area contributed by atoms with E-state index < -0.39 is 11.9 Å². The van der Waals surface area contributed by atoms with Gasteiger partial charge in [0.05, 0.1) is 12.5 Å². The first-order chi connectivity index (χ1) is 18.8. The Kier molecular flexibility index (Phi) is 10.1. The number of unbranched alkanes of at least 4 members (excludes halogenated alkanes) is 1. The van der Waals surface area contributed by atoms with Gasteiger partial charge in [-0.2, -0.15) is 0 Å². The van der Waals surface area contributed by atoms with E-state index in [0.717, 1.165) is 37.8 Å². The number of nitrogens with zero attached hydrogens (tertiary/aromatic N) is 4. The number of hydrogen-bond acceptors (Lipinski definition) is 7. The van der Waals surface area contributed by atoms with Crippen LogP contribution in [-0.2, 0) is 14.4 Å². The molecule has 1 aromatic rings. The van der Waals surface area contributed by atoms with Crippen LogP contribution >= 0.6 is 0 Å². The molecule has 2 saturated heterocycles. The van der Waals surface area contributed by atoms with E-state index in [9.17, 15) is 19.5 Å². The smallest absolute Gasteiger partial charge is 0.308 e. The molecule has 0 radical (unpaired) electrons. The molecule has 0 aromatic heterocycles. The van der Waals surface area contributed by atoms with Crippen molar-refractivity contribution in [2.24, 2.45) is 5.92 Å². The van der Waals surface area contributed by atoms with Crippen LogP contribution in [0, 0.1) is 5.92 Å². The van der Waals surface area contributed by atoms with Gasteiger partial charge in [0, 0.05) is 51.1 Å². The predicted octanol–water partition coefficient (Wildman–Crippen LogP) is 2.48. The fourth-order valence-electron chi connectivity index (χ4n) is 6.12. The van der Waals surface area contributed by atoms with Gasteiger partial charge in [-0.15, -0.1) is 0 Å². The first-order valence-corrected chi connectivity index (χ1v) is 14.3. The lowest BCUT2D eigenvalue weighted by molar-refractivity contribution is -0.144. The zero-order valence-electron chi connectivity index (χ0n) is 23.6. The van der Waals surface area contributed by atoms with Crippen LogP contribution in [-0.4, -0.2) is 115 Å². The zero-order chi connectivity index (χ0) is 27.9. The quantitative estimate of drug-likeness (QED) is 0.381. The Hall–Kier alpha value is -2.85. The van der Waals surface area contributed by atoms with Gasteiger partial charge in [-0.3, -0.25) is 19.3 Å². The topological polar surface area (TPSA) is 103 Å². The Bertz CT molecular complexity index is 1020. The molecule has 3 atom stereocenters. The van der Waals surface area contributed by atoms with E-state index >= 15 is 0 Å². The van der Waals surface area contributed by atoms with Crippen molar-refractivity contribution in [2.75, 3.05) is 66.7 Å². The molecule has 0 saturated carbocycles. The van der Waals surface area contributed by atoms with Crippen LogP contribution in [0.15, 0.2) is 18.2 Å². The van der Waals surface area contributed by atoms with Crippen molar-refractivity contribution in [3.05, 3.63) is 23.8 Å². The molecule has 3 aliphatic rings. The van der Waals surface area contributed by atoms with Crippen molar-refractivity contribution < 1.29 is 29.0 Å². The van der Waals surface area contributed by atoms with Gasteiger partial charge in [-0.25, -0.2) is 0 Å². The number of benzene rings is 1. The molecule has 4 rings (SSSR count). The maximum atomic E-state index is 13.6. The highest BCUT2D eigenvalue weighted by Crippen LogP contribution is 2.42. The third-order valence-electron chi connectivity index (χ3n) is 8.23. The SMILES string of the molecule is CCCCN(CCCN(C)C)C(=O)CN1C[C@H](c2ccc3c(c2)OCO3)[C@@H](C(=O)O)[C@@H]1CCN1CCCC1=O. The number of ether oxygens (including phenoxy) is 2. The third-order valence-corrected chi connectivity index (χ3v) is 8.23. The largest absolute Gasteiger partial charge is 0.481 e. The summed E-state index contributed by atoms with van der Waals surface area (Å²) in [7, 11) is 4.06. The van der Waals surface area contributed by atoms with Crippen LogP contribution in [0.25, 0.3) is 0 Å². The molecule has 1 N–H and O–H groups in total. The number of rotatable bonds is 14. The molecule has 39 heavy (non-hydrogen) atoms. The fourth-order valence-corrected chi connectivity index (χ4v) is 6.12. The van der Waals surface area contributed by atoms with Crippen LogP contribution < -0.4 is 9.47 Å². The van der Waals surface area contributed by atoms with Crippen LogP contribution in [0.5, 0.6) is 11.5 Å². The molecule has 0 aliphatic carbocycles. The number of carbonyl (C=O) groups is 3. The van der Waals surface area contributed by atoms with Gasteiger partial charge in [0.2, 0.25) is 18.6 Å². The number of likely N-dealkylation sites (tertiary alicyclic amines) is 2. The Morgan fingerprint density at radius 3 is 2.56 bits per heavy atom. The van der Waals surface area contributed by atoms with E-state index in [1.54, 1.807) is 0 Å². The van der Waals surface area contributed by atoms with Crippen LogP contribution in [0.3, 0.4) is 0 Å². The van der Waals surface area contributed by atoms with Crippen molar-refractivity contribution in [1.29, 1.82) is 0 Å². The number of carbonyl (C=O) groups excluding carboxylic acids is 2. The maximum Gasteiger partial charge on any atom is 0.308 e. The molecule has 2 amide bonds. The van der Waals surface area contributed by atoms with Gasteiger partial charge in [-0.05, 0) is 64.0 Å². The highest BCUT2D eigenvalue weighted by molar-refractivity contribution is 5.79. The van der Waals surface area contributed by atoms with E-state index in [1.165, 1.54) is 0 Å². The molecule has 0 unspecified atom stereocenters. The van der Waals surface area contributed by atoms with Crippen LogP contribution in [0.4, 0.5) is 0 Å². The van der Waals surface area contributed by atoms with Crippen molar-refractivity contribution in [3.63, 3.8) is 0 Å². The summed E-state index contributed by atoms with van der Waals surface area (Å²) < 4.78 is 11.0. The highest BCUT2D eigenvalue weighted by Gasteiger charge is 2.47. The lowest BCUT2D eigenvalue weighted by Gasteiger charge is -2.31. The summed E-state index contributed by atoms with van der Waals surface area (Å²) in [6.45, 7) is 6.42. The number of amides is 2. The minimum absolute atomic E-state index is 0.0416. The molecule has 2 fully saturated rings. The summed E-state index contributed by atoms with van der Waals surface area (Å²) in [5.74, 6) is -0.433. The summed E-state index contributed by atoms with van der Waals surface area (Å²) in [4.78, 5) is 46.6. The monoisotopic (exact) mass is 544 g/mol. The van der Waals surface area contributed by atoms with E-state index in [2.05, 4.69) is 16.7 Å². The number of carboxylic acids is 1. The molecule has 3 heterocycles. The van der Waals surface area contributed by atoms with Crippen molar-refractivity contribution >= 4 is 17.8 Å². The second-order valence-electron chi connectivity index (χ2n) is 11.2. The Morgan fingerprint density at radius 2 is 1.87 bits per heavy atom. The second-order valence-corrected chi connectivity index (χ2v) is 11.2. The van der Waals surface area contributed by atoms with Crippen LogP contribution in [0.2, 0.25) is 0 Å². The van der Waals surface area contributed by atoms with Gasteiger partial charge in [0.25, 0.3) is 0 Å². The lowest BCUT2D eigenvalue weighted by atomic mass is 9.84. The van der Waals surface area contributed by atoms with Crippen molar-refractivity contribution in [1.82, 2.24) is 19.6 Å². The number of fused-ring (bicyclic) bond motifs is 1. The van der Waals surface area contributed by atoms with E-state index in [0.29, 0.717) is 57.1 Å². The fraction of sp³-hybridized carbons (Fsp3) is 0.690. The average Bonchev–Trinajstić information content (AvgIpc) is 3.62. The molecular formula is C29H44N4O6. The summed E-state index contributed by atoms with van der Waals surface area (Å²) >= 11 is 0. The molecule has 10 heteroatoms. The Morgan fingerprint density at radius 1 is 1.10 bits per heavy atom. The Balaban J connectivity index is 1.55. The lowest BCUT2D eigenvalue weighted by Crippen LogP contribution is -2.46.